The van der Waals surface area contributed by atoms with Crippen molar-refractivity contribution in [3.05, 3.63) is 52.0 Å². The molecule has 1 N–H and O–H groups in total. The maximum Gasteiger partial charge on any atom is 0.311 e. The number of hydrogen-bond acceptors (Lipinski definition) is 7. The Morgan fingerprint density at radius 2 is 2.00 bits per heavy atom. The smallest absolute Gasteiger partial charge is 0.311 e. The highest BCUT2D eigenvalue weighted by Gasteiger charge is 2.27. The molecule has 8 nitrogen and oxygen atoms in total. The molecule has 1 amide bonds. The number of benzene rings is 1. The Morgan fingerprint density at radius 3 is 2.78 bits per heavy atom. The fourth-order valence-electron chi connectivity index (χ4n) is 4.13. The zero-order valence-corrected chi connectivity index (χ0v) is 18.8. The SMILES string of the molecule is CCOC(=O)Cc1csc(NC(=O)C2CCC(Cn3cnc4ccccc4c3=O)CC2)n1. The first kappa shape index (κ1) is 22.1. The van der Waals surface area contributed by atoms with Crippen molar-refractivity contribution >= 4 is 39.2 Å². The van der Waals surface area contributed by atoms with E-state index in [0.29, 0.717) is 40.8 Å². The van der Waals surface area contributed by atoms with Crippen LogP contribution in [0, 0.1) is 11.8 Å². The van der Waals surface area contributed by atoms with Gasteiger partial charge in [-0.15, -0.1) is 11.3 Å². The molecule has 0 bridgehead atoms. The largest absolute Gasteiger partial charge is 0.466 e. The third-order valence-electron chi connectivity index (χ3n) is 5.82. The van der Waals surface area contributed by atoms with E-state index in [1.165, 1.54) is 11.3 Å². The lowest BCUT2D eigenvalue weighted by atomic mass is 9.81. The van der Waals surface area contributed by atoms with E-state index in [1.807, 2.05) is 18.2 Å². The van der Waals surface area contributed by atoms with E-state index < -0.39 is 0 Å². The van der Waals surface area contributed by atoms with Gasteiger partial charge >= 0.3 is 5.97 Å². The number of carbonyl (C=O) groups excluding carboxylic acids is 2. The molecule has 32 heavy (non-hydrogen) atoms. The Bertz CT molecular complexity index is 1160. The van der Waals surface area contributed by atoms with Gasteiger partial charge in [-0.1, -0.05) is 12.1 Å². The summed E-state index contributed by atoms with van der Waals surface area (Å²) in [5.41, 5.74) is 1.29. The Balaban J connectivity index is 1.29. The van der Waals surface area contributed by atoms with Gasteiger partial charge in [0, 0.05) is 17.8 Å². The Labute approximate surface area is 189 Å². The zero-order chi connectivity index (χ0) is 22.5. The number of ether oxygens (including phenoxy) is 1. The number of carbonyl (C=O) groups is 2. The van der Waals surface area contributed by atoms with Crippen molar-refractivity contribution in [2.75, 3.05) is 11.9 Å². The molecule has 4 rings (SSSR count). The van der Waals surface area contributed by atoms with Crippen molar-refractivity contribution in [1.82, 2.24) is 14.5 Å². The number of nitrogens with one attached hydrogen (secondary N) is 1. The third kappa shape index (κ3) is 5.21. The molecule has 9 heteroatoms. The number of thiazole rings is 1. The van der Waals surface area contributed by atoms with E-state index in [0.717, 1.165) is 25.7 Å². The minimum atomic E-state index is -0.324. The van der Waals surface area contributed by atoms with Gasteiger partial charge < -0.3 is 10.1 Å². The molecule has 0 aliphatic heterocycles. The summed E-state index contributed by atoms with van der Waals surface area (Å²) in [7, 11) is 0. The molecule has 1 fully saturated rings. The van der Waals surface area contributed by atoms with Gasteiger partial charge in [-0.2, -0.15) is 0 Å². The molecular formula is C23H26N4O4S. The summed E-state index contributed by atoms with van der Waals surface area (Å²) in [6.45, 7) is 2.71. The summed E-state index contributed by atoms with van der Waals surface area (Å²) in [4.78, 5) is 45.6. The summed E-state index contributed by atoms with van der Waals surface area (Å²) in [5.74, 6) is -0.0920. The standard InChI is InChI=1S/C23H26N4O4S/c1-2-31-20(28)11-17-13-32-23(25-17)26-21(29)16-9-7-15(8-10-16)12-27-14-24-19-6-4-3-5-18(19)22(27)30/h3-6,13-16H,2,7-12H2,1H3,(H,25,26,29). The topological polar surface area (TPSA) is 103 Å². The van der Waals surface area contributed by atoms with Crippen LogP contribution >= 0.6 is 11.3 Å². The van der Waals surface area contributed by atoms with E-state index in [-0.39, 0.29) is 29.8 Å². The molecular weight excluding hydrogens is 428 g/mol. The summed E-state index contributed by atoms with van der Waals surface area (Å²) < 4.78 is 6.61. The number of hydrogen-bond donors (Lipinski definition) is 1. The number of aromatic nitrogens is 3. The first-order chi connectivity index (χ1) is 15.5. The van der Waals surface area contributed by atoms with Crippen LogP contribution < -0.4 is 10.9 Å². The second-order valence-corrected chi connectivity index (χ2v) is 8.91. The molecule has 1 aromatic carbocycles. The van der Waals surface area contributed by atoms with Crippen molar-refractivity contribution in [2.24, 2.45) is 11.8 Å². The van der Waals surface area contributed by atoms with Crippen LogP contribution in [-0.2, 0) is 27.3 Å². The summed E-state index contributed by atoms with van der Waals surface area (Å²) >= 11 is 1.31. The fourth-order valence-corrected chi connectivity index (χ4v) is 4.85. The van der Waals surface area contributed by atoms with Gasteiger partial charge in [0.05, 0.1) is 36.0 Å². The van der Waals surface area contributed by atoms with Gasteiger partial charge in [-0.3, -0.25) is 19.0 Å². The fraction of sp³-hybridized carbons (Fsp3) is 0.435. The number of fused-ring (bicyclic) bond motifs is 1. The van der Waals surface area contributed by atoms with E-state index in [2.05, 4.69) is 15.3 Å². The lowest BCUT2D eigenvalue weighted by Gasteiger charge is -2.27. The predicted octanol–water partition coefficient (Wildman–Crippen LogP) is 3.40. The van der Waals surface area contributed by atoms with Crippen molar-refractivity contribution < 1.29 is 14.3 Å². The molecule has 0 unspecified atom stereocenters. The van der Waals surface area contributed by atoms with Crippen LogP contribution in [0.5, 0.6) is 0 Å². The highest BCUT2D eigenvalue weighted by molar-refractivity contribution is 7.13. The van der Waals surface area contributed by atoms with Gasteiger partial charge in [-0.05, 0) is 50.7 Å². The van der Waals surface area contributed by atoms with E-state index in [4.69, 9.17) is 4.74 Å². The van der Waals surface area contributed by atoms with Crippen LogP contribution in [-0.4, -0.2) is 33.0 Å². The van der Waals surface area contributed by atoms with Crippen LogP contribution in [0.25, 0.3) is 10.9 Å². The predicted molar refractivity (Wildman–Crippen MR) is 123 cm³/mol. The summed E-state index contributed by atoms with van der Waals surface area (Å²) in [6.07, 6.45) is 5.03. The number of anilines is 1. The summed E-state index contributed by atoms with van der Waals surface area (Å²) in [5, 5.41) is 5.78. The lowest BCUT2D eigenvalue weighted by Crippen LogP contribution is -2.30. The van der Waals surface area contributed by atoms with Gasteiger partial charge in [0.25, 0.3) is 5.56 Å². The van der Waals surface area contributed by atoms with Gasteiger partial charge in [0.2, 0.25) is 5.91 Å². The van der Waals surface area contributed by atoms with E-state index >= 15 is 0 Å². The molecule has 0 saturated heterocycles. The molecule has 0 radical (unpaired) electrons. The molecule has 2 heterocycles. The van der Waals surface area contributed by atoms with Gasteiger partial charge in [-0.25, -0.2) is 9.97 Å². The van der Waals surface area contributed by atoms with Crippen LogP contribution in [0.3, 0.4) is 0 Å². The monoisotopic (exact) mass is 454 g/mol. The highest BCUT2D eigenvalue weighted by Crippen LogP contribution is 2.31. The number of amides is 1. The minimum absolute atomic E-state index is 0.0159. The molecule has 0 atom stereocenters. The van der Waals surface area contributed by atoms with Crippen LogP contribution in [0.4, 0.5) is 5.13 Å². The Morgan fingerprint density at radius 1 is 1.22 bits per heavy atom. The molecule has 168 valence electrons. The maximum atomic E-state index is 12.7. The second kappa shape index (κ2) is 10.0. The number of nitrogens with zero attached hydrogens (tertiary/aromatic N) is 3. The lowest BCUT2D eigenvalue weighted by molar-refractivity contribution is -0.142. The molecule has 1 aliphatic rings. The number of esters is 1. The van der Waals surface area contributed by atoms with Crippen LogP contribution in [0.1, 0.15) is 38.3 Å². The molecule has 0 spiro atoms. The van der Waals surface area contributed by atoms with E-state index in [9.17, 15) is 14.4 Å². The van der Waals surface area contributed by atoms with Crippen LogP contribution in [0.2, 0.25) is 0 Å². The Kier molecular flexibility index (Phi) is 6.94. The second-order valence-electron chi connectivity index (χ2n) is 8.05. The highest BCUT2D eigenvalue weighted by atomic mass is 32.1. The van der Waals surface area contributed by atoms with Crippen molar-refractivity contribution in [3.8, 4) is 0 Å². The third-order valence-corrected chi connectivity index (χ3v) is 6.62. The average Bonchev–Trinajstić information content (AvgIpc) is 3.23. The molecule has 1 saturated carbocycles. The zero-order valence-electron chi connectivity index (χ0n) is 18.0. The molecule has 1 aliphatic carbocycles. The van der Waals surface area contributed by atoms with Crippen molar-refractivity contribution in [3.63, 3.8) is 0 Å². The molecule has 2 aromatic heterocycles. The average molecular weight is 455 g/mol. The first-order valence-corrected chi connectivity index (χ1v) is 11.8. The van der Waals surface area contributed by atoms with Gasteiger partial charge in [0.15, 0.2) is 5.13 Å². The maximum absolute atomic E-state index is 12.7. The Hall–Kier alpha value is -3.07. The van der Waals surface area contributed by atoms with Gasteiger partial charge in [0.1, 0.15) is 0 Å². The van der Waals surface area contributed by atoms with Crippen molar-refractivity contribution in [2.45, 2.75) is 45.6 Å². The molecule has 3 aromatic rings. The minimum Gasteiger partial charge on any atom is -0.466 e. The van der Waals surface area contributed by atoms with E-state index in [1.54, 1.807) is 29.3 Å². The van der Waals surface area contributed by atoms with Crippen LogP contribution in [0.15, 0.2) is 40.8 Å². The number of rotatable bonds is 7. The quantitative estimate of drug-likeness (QED) is 0.549. The van der Waals surface area contributed by atoms with Crippen molar-refractivity contribution in [1.29, 1.82) is 0 Å². The number of para-hydroxylation sites is 1. The normalized spacial score (nSPS) is 18.4. The summed E-state index contributed by atoms with van der Waals surface area (Å²) in [6, 6.07) is 7.37. The first-order valence-electron chi connectivity index (χ1n) is 10.9.